The maximum Gasteiger partial charge on any atom is 0.220 e. The van der Waals surface area contributed by atoms with Gasteiger partial charge in [-0.1, -0.05) is 18.2 Å². The van der Waals surface area contributed by atoms with Gasteiger partial charge in [-0.3, -0.25) is 9.69 Å². The second kappa shape index (κ2) is 9.71. The van der Waals surface area contributed by atoms with Crippen LogP contribution in [0.25, 0.3) is 0 Å². The molecular weight excluding hydrogens is 348 g/mol. The largest absolute Gasteiger partial charge is 0.497 e. The van der Waals surface area contributed by atoms with Crippen LogP contribution in [0.1, 0.15) is 22.9 Å². The number of ether oxygens (including phenoxy) is 2. The topological polar surface area (TPSA) is 50.8 Å². The Balaban J connectivity index is 1.59. The normalized spacial score (nSPS) is 16.2. The average Bonchev–Trinajstić information content (AvgIpc) is 3.21. The SMILES string of the molecule is COc1ccc(C(CNC(=O)CCc2cccs2)N2CCOCC2)cc1. The summed E-state index contributed by atoms with van der Waals surface area (Å²) in [7, 11) is 1.67. The fraction of sp³-hybridized carbons (Fsp3) is 0.450. The average molecular weight is 375 g/mol. The van der Waals surface area contributed by atoms with E-state index in [0.29, 0.717) is 13.0 Å². The molecule has 140 valence electrons. The highest BCUT2D eigenvalue weighted by Crippen LogP contribution is 2.23. The monoisotopic (exact) mass is 374 g/mol. The number of nitrogens with zero attached hydrogens (tertiary/aromatic N) is 1. The Hall–Kier alpha value is -1.89. The number of nitrogens with one attached hydrogen (secondary N) is 1. The zero-order chi connectivity index (χ0) is 18.2. The second-order valence-corrected chi connectivity index (χ2v) is 7.35. The quantitative estimate of drug-likeness (QED) is 0.772. The smallest absolute Gasteiger partial charge is 0.220 e. The predicted molar refractivity (Wildman–Crippen MR) is 104 cm³/mol. The third kappa shape index (κ3) is 5.30. The minimum atomic E-state index is 0.102. The van der Waals surface area contributed by atoms with Crippen LogP contribution in [0.15, 0.2) is 41.8 Å². The molecule has 0 bridgehead atoms. The van der Waals surface area contributed by atoms with Crippen molar-refractivity contribution in [2.24, 2.45) is 0 Å². The molecule has 1 aliphatic rings. The van der Waals surface area contributed by atoms with Crippen molar-refractivity contribution in [3.05, 3.63) is 52.2 Å². The third-order valence-electron chi connectivity index (χ3n) is 4.66. The van der Waals surface area contributed by atoms with Gasteiger partial charge >= 0.3 is 0 Å². The van der Waals surface area contributed by atoms with Crippen molar-refractivity contribution < 1.29 is 14.3 Å². The highest BCUT2D eigenvalue weighted by molar-refractivity contribution is 7.09. The molecule has 1 aromatic carbocycles. The lowest BCUT2D eigenvalue weighted by atomic mass is 10.0. The first-order valence-corrected chi connectivity index (χ1v) is 9.89. The fourth-order valence-corrected chi connectivity index (χ4v) is 3.87. The lowest BCUT2D eigenvalue weighted by molar-refractivity contribution is -0.121. The standard InChI is InChI=1S/C20H26N2O3S/c1-24-17-6-4-16(5-7-17)19(22-10-12-25-13-11-22)15-21-20(23)9-8-18-3-2-14-26-18/h2-7,14,19H,8-13,15H2,1H3,(H,21,23). The maximum atomic E-state index is 12.3. The summed E-state index contributed by atoms with van der Waals surface area (Å²) in [5.41, 5.74) is 1.19. The van der Waals surface area contributed by atoms with Crippen LogP contribution in [-0.4, -0.2) is 50.8 Å². The van der Waals surface area contributed by atoms with Crippen LogP contribution in [-0.2, 0) is 16.0 Å². The Kier molecular flexibility index (Phi) is 7.05. The molecule has 1 fully saturated rings. The zero-order valence-corrected chi connectivity index (χ0v) is 16.0. The Bertz CT molecular complexity index is 667. The van der Waals surface area contributed by atoms with E-state index in [1.165, 1.54) is 10.4 Å². The molecule has 2 aromatic rings. The summed E-state index contributed by atoms with van der Waals surface area (Å²) in [6.45, 7) is 3.83. The van der Waals surface area contributed by atoms with E-state index < -0.39 is 0 Å². The summed E-state index contributed by atoms with van der Waals surface area (Å²) in [6, 6.07) is 12.4. The van der Waals surface area contributed by atoms with Crippen LogP contribution in [0, 0.1) is 0 Å². The first kappa shape index (κ1) is 18.9. The van der Waals surface area contributed by atoms with Crippen molar-refractivity contribution in [3.8, 4) is 5.75 Å². The number of amides is 1. The number of carbonyl (C=O) groups excluding carboxylic acids is 1. The third-order valence-corrected chi connectivity index (χ3v) is 5.59. The van der Waals surface area contributed by atoms with E-state index >= 15 is 0 Å². The highest BCUT2D eigenvalue weighted by atomic mass is 32.1. The van der Waals surface area contributed by atoms with Crippen molar-refractivity contribution in [2.45, 2.75) is 18.9 Å². The number of rotatable bonds is 8. The summed E-state index contributed by atoms with van der Waals surface area (Å²) >= 11 is 1.70. The van der Waals surface area contributed by atoms with E-state index in [1.54, 1.807) is 18.4 Å². The van der Waals surface area contributed by atoms with Gasteiger partial charge in [0.25, 0.3) is 0 Å². The first-order chi connectivity index (χ1) is 12.8. The van der Waals surface area contributed by atoms with Crippen LogP contribution in [0.3, 0.4) is 0 Å². The van der Waals surface area contributed by atoms with E-state index in [2.05, 4.69) is 28.4 Å². The number of morpholine rings is 1. The molecule has 1 aromatic heterocycles. The van der Waals surface area contributed by atoms with Gasteiger partial charge < -0.3 is 14.8 Å². The lowest BCUT2D eigenvalue weighted by Gasteiger charge is -2.35. The van der Waals surface area contributed by atoms with E-state index in [1.807, 2.05) is 23.6 Å². The lowest BCUT2D eigenvalue weighted by Crippen LogP contribution is -2.43. The van der Waals surface area contributed by atoms with Crippen LogP contribution < -0.4 is 10.1 Å². The van der Waals surface area contributed by atoms with Gasteiger partial charge in [0, 0.05) is 30.9 Å². The van der Waals surface area contributed by atoms with Gasteiger partial charge in [0.15, 0.2) is 0 Å². The zero-order valence-electron chi connectivity index (χ0n) is 15.1. The summed E-state index contributed by atoms with van der Waals surface area (Å²) in [5, 5.41) is 5.17. The van der Waals surface area contributed by atoms with Crippen molar-refractivity contribution in [1.29, 1.82) is 0 Å². The summed E-state index contributed by atoms with van der Waals surface area (Å²) in [6.07, 6.45) is 1.33. The molecule has 0 radical (unpaired) electrons. The van der Waals surface area contributed by atoms with Gasteiger partial charge in [0.05, 0.1) is 26.4 Å². The van der Waals surface area contributed by atoms with Crippen molar-refractivity contribution in [3.63, 3.8) is 0 Å². The Morgan fingerprint density at radius 1 is 1.27 bits per heavy atom. The Morgan fingerprint density at radius 2 is 2.04 bits per heavy atom. The fourth-order valence-electron chi connectivity index (χ4n) is 3.16. The molecule has 2 heterocycles. The van der Waals surface area contributed by atoms with Crippen molar-refractivity contribution >= 4 is 17.2 Å². The highest BCUT2D eigenvalue weighted by Gasteiger charge is 2.23. The first-order valence-electron chi connectivity index (χ1n) is 9.01. The van der Waals surface area contributed by atoms with Gasteiger partial charge in [-0.25, -0.2) is 0 Å². The number of aryl methyl sites for hydroxylation is 1. The molecule has 5 nitrogen and oxygen atoms in total. The van der Waals surface area contributed by atoms with Crippen LogP contribution >= 0.6 is 11.3 Å². The molecule has 3 rings (SSSR count). The van der Waals surface area contributed by atoms with Crippen LogP contribution in [0.2, 0.25) is 0 Å². The molecule has 1 amide bonds. The molecule has 1 atom stereocenters. The molecule has 1 N–H and O–H groups in total. The van der Waals surface area contributed by atoms with E-state index in [4.69, 9.17) is 9.47 Å². The van der Waals surface area contributed by atoms with Gasteiger partial charge in [-0.2, -0.15) is 0 Å². The number of methoxy groups -OCH3 is 1. The maximum absolute atomic E-state index is 12.3. The van der Waals surface area contributed by atoms with Gasteiger partial charge in [0.2, 0.25) is 5.91 Å². The van der Waals surface area contributed by atoms with Crippen molar-refractivity contribution in [1.82, 2.24) is 10.2 Å². The molecule has 26 heavy (non-hydrogen) atoms. The minimum Gasteiger partial charge on any atom is -0.497 e. The molecule has 1 unspecified atom stereocenters. The van der Waals surface area contributed by atoms with Gasteiger partial charge in [-0.05, 0) is 35.6 Å². The van der Waals surface area contributed by atoms with Gasteiger partial charge in [0.1, 0.15) is 5.75 Å². The molecule has 1 saturated heterocycles. The van der Waals surface area contributed by atoms with Gasteiger partial charge in [-0.15, -0.1) is 11.3 Å². The molecule has 1 aliphatic heterocycles. The summed E-state index contributed by atoms with van der Waals surface area (Å²) in [5.74, 6) is 0.944. The van der Waals surface area contributed by atoms with Crippen LogP contribution in [0.5, 0.6) is 5.75 Å². The number of carbonyl (C=O) groups is 1. The van der Waals surface area contributed by atoms with E-state index in [-0.39, 0.29) is 11.9 Å². The number of benzene rings is 1. The number of hydrogen-bond donors (Lipinski definition) is 1. The molecular formula is C20H26N2O3S. The molecule has 6 heteroatoms. The van der Waals surface area contributed by atoms with E-state index in [9.17, 15) is 4.79 Å². The van der Waals surface area contributed by atoms with E-state index in [0.717, 1.165) is 38.5 Å². The predicted octanol–water partition coefficient (Wildman–Crippen LogP) is 2.88. The van der Waals surface area contributed by atoms with Crippen molar-refractivity contribution in [2.75, 3.05) is 40.0 Å². The number of thiophene rings is 1. The summed E-state index contributed by atoms with van der Waals surface area (Å²) in [4.78, 5) is 15.9. The molecule has 0 aliphatic carbocycles. The number of hydrogen-bond acceptors (Lipinski definition) is 5. The summed E-state index contributed by atoms with van der Waals surface area (Å²) < 4.78 is 10.7. The Labute approximate surface area is 158 Å². The second-order valence-electron chi connectivity index (χ2n) is 6.32. The van der Waals surface area contributed by atoms with Crippen LogP contribution in [0.4, 0.5) is 0 Å². The Morgan fingerprint density at radius 3 is 2.69 bits per heavy atom. The molecule has 0 spiro atoms. The minimum absolute atomic E-state index is 0.102. The molecule has 0 saturated carbocycles.